The minimum Gasteiger partial charge on any atom is -0.350 e. The van der Waals surface area contributed by atoms with Gasteiger partial charge in [-0.05, 0) is 29.8 Å². The Labute approximate surface area is 183 Å². The summed E-state index contributed by atoms with van der Waals surface area (Å²) in [6, 6.07) is 13.0. The first-order valence-electron chi connectivity index (χ1n) is 9.66. The smallest absolute Gasteiger partial charge is 0.229 e. The number of rotatable bonds is 6. The lowest BCUT2D eigenvalue weighted by atomic mass is 10.1. The lowest BCUT2D eigenvalue weighted by molar-refractivity contribution is 0.607. The zero-order chi connectivity index (χ0) is 22.1. The summed E-state index contributed by atoms with van der Waals surface area (Å²) >= 11 is 0. The third kappa shape index (κ3) is 4.18. The SMILES string of the molecule is CS(=O)(=O)Nc1cccc(CNc2ncc3cc(-c4ncnc5[nH]ncc45)ccc3n2)c1. The summed E-state index contributed by atoms with van der Waals surface area (Å²) in [5, 5.41) is 11.8. The maximum atomic E-state index is 11.4. The second-order valence-corrected chi connectivity index (χ2v) is 9.00. The van der Waals surface area contributed by atoms with Gasteiger partial charge in [0.25, 0.3) is 0 Å². The highest BCUT2D eigenvalue weighted by Crippen LogP contribution is 2.27. The summed E-state index contributed by atoms with van der Waals surface area (Å²) in [6.07, 6.45) is 6.08. The van der Waals surface area contributed by atoms with Crippen molar-refractivity contribution in [3.63, 3.8) is 0 Å². The van der Waals surface area contributed by atoms with Gasteiger partial charge < -0.3 is 5.32 Å². The van der Waals surface area contributed by atoms with Crippen LogP contribution in [0.3, 0.4) is 0 Å². The first kappa shape index (κ1) is 19.8. The number of aromatic amines is 1. The molecule has 0 fully saturated rings. The van der Waals surface area contributed by atoms with E-state index >= 15 is 0 Å². The van der Waals surface area contributed by atoms with E-state index in [0.29, 0.717) is 23.8 Å². The summed E-state index contributed by atoms with van der Waals surface area (Å²) in [5.41, 5.74) is 4.58. The van der Waals surface area contributed by atoms with E-state index in [4.69, 9.17) is 0 Å². The van der Waals surface area contributed by atoms with Crippen molar-refractivity contribution in [2.45, 2.75) is 6.54 Å². The van der Waals surface area contributed by atoms with Crippen LogP contribution in [0.2, 0.25) is 0 Å². The maximum absolute atomic E-state index is 11.4. The minimum atomic E-state index is -3.33. The Morgan fingerprint density at radius 3 is 2.81 bits per heavy atom. The van der Waals surface area contributed by atoms with Crippen LogP contribution in [0.5, 0.6) is 0 Å². The van der Waals surface area contributed by atoms with Gasteiger partial charge in [-0.15, -0.1) is 0 Å². The summed E-state index contributed by atoms with van der Waals surface area (Å²) < 4.78 is 25.3. The Morgan fingerprint density at radius 1 is 1.03 bits per heavy atom. The van der Waals surface area contributed by atoms with Crippen LogP contribution in [-0.4, -0.2) is 44.8 Å². The molecule has 0 aliphatic carbocycles. The van der Waals surface area contributed by atoms with E-state index in [1.54, 1.807) is 30.6 Å². The Kier molecular flexibility index (Phi) is 4.86. The van der Waals surface area contributed by atoms with Crippen LogP contribution in [0.15, 0.2) is 61.2 Å². The molecule has 0 unspecified atom stereocenters. The predicted octanol–water partition coefficient (Wildman–Crippen LogP) is 2.95. The number of anilines is 2. The predicted molar refractivity (Wildman–Crippen MR) is 122 cm³/mol. The molecular weight excluding hydrogens is 428 g/mol. The van der Waals surface area contributed by atoms with Crippen LogP contribution in [0.1, 0.15) is 5.56 Å². The van der Waals surface area contributed by atoms with Crippen LogP contribution < -0.4 is 10.0 Å². The molecule has 0 aliphatic heterocycles. The van der Waals surface area contributed by atoms with Crippen molar-refractivity contribution >= 4 is 43.6 Å². The van der Waals surface area contributed by atoms with Gasteiger partial charge >= 0.3 is 0 Å². The number of H-pyrrole nitrogens is 1. The van der Waals surface area contributed by atoms with Crippen molar-refractivity contribution in [3.8, 4) is 11.3 Å². The third-order valence-electron chi connectivity index (χ3n) is 4.78. The minimum absolute atomic E-state index is 0.447. The van der Waals surface area contributed by atoms with Crippen LogP contribution in [0.25, 0.3) is 33.2 Å². The Bertz CT molecular complexity index is 1550. The fourth-order valence-electron chi connectivity index (χ4n) is 3.40. The van der Waals surface area contributed by atoms with Crippen molar-refractivity contribution in [2.75, 3.05) is 16.3 Å². The average molecular weight is 446 g/mol. The first-order chi connectivity index (χ1) is 15.4. The van der Waals surface area contributed by atoms with Gasteiger partial charge in [-0.1, -0.05) is 18.2 Å². The third-order valence-corrected chi connectivity index (χ3v) is 5.39. The number of benzene rings is 2. The van der Waals surface area contributed by atoms with Crippen molar-refractivity contribution in [1.82, 2.24) is 30.1 Å². The van der Waals surface area contributed by atoms with E-state index in [-0.39, 0.29) is 0 Å². The van der Waals surface area contributed by atoms with Gasteiger partial charge in [-0.25, -0.2) is 28.4 Å². The Hall–Kier alpha value is -4.12. The van der Waals surface area contributed by atoms with Crippen LogP contribution in [0, 0.1) is 0 Å². The summed E-state index contributed by atoms with van der Waals surface area (Å²) in [7, 11) is -3.33. The molecule has 3 heterocycles. The molecule has 3 N–H and O–H groups in total. The van der Waals surface area contributed by atoms with Crippen LogP contribution in [0.4, 0.5) is 11.6 Å². The van der Waals surface area contributed by atoms with Crippen molar-refractivity contribution < 1.29 is 8.42 Å². The van der Waals surface area contributed by atoms with Gasteiger partial charge in [0, 0.05) is 29.4 Å². The molecular formula is C21H18N8O2S. The van der Waals surface area contributed by atoms with Crippen molar-refractivity contribution in [3.05, 3.63) is 66.7 Å². The second kappa shape index (κ2) is 7.85. The normalized spacial score (nSPS) is 11.7. The molecule has 32 heavy (non-hydrogen) atoms. The molecule has 160 valence electrons. The number of nitrogens with zero attached hydrogens (tertiary/aromatic N) is 5. The van der Waals surface area contributed by atoms with Gasteiger partial charge in [-0.2, -0.15) is 5.10 Å². The summed E-state index contributed by atoms with van der Waals surface area (Å²) in [5.74, 6) is 0.478. The molecule has 0 spiro atoms. The second-order valence-electron chi connectivity index (χ2n) is 7.25. The number of fused-ring (bicyclic) bond motifs is 2. The molecule has 5 rings (SSSR count). The average Bonchev–Trinajstić information content (AvgIpc) is 3.25. The van der Waals surface area contributed by atoms with Crippen molar-refractivity contribution in [2.24, 2.45) is 0 Å². The number of sulfonamides is 1. The van der Waals surface area contributed by atoms with Gasteiger partial charge in [-0.3, -0.25) is 9.82 Å². The van der Waals surface area contributed by atoms with Crippen molar-refractivity contribution in [1.29, 1.82) is 0 Å². The largest absolute Gasteiger partial charge is 0.350 e. The topological polar surface area (TPSA) is 138 Å². The van der Waals surface area contributed by atoms with E-state index in [0.717, 1.165) is 39.4 Å². The zero-order valence-corrected chi connectivity index (χ0v) is 17.8. The summed E-state index contributed by atoms with van der Waals surface area (Å²) in [6.45, 7) is 0.447. The molecule has 0 aliphatic rings. The molecule has 2 aromatic carbocycles. The standard InChI is InChI=1S/C21H18N8O2S/c1-32(30,31)29-16-4-2-3-13(7-16)9-22-21-23-10-15-8-14(5-6-18(15)27-21)19-17-11-26-28-20(17)25-12-24-19/h2-8,10-12,29H,9H2,1H3,(H,22,23,27)(H,24,25,26,28). The maximum Gasteiger partial charge on any atom is 0.229 e. The molecule has 0 amide bonds. The highest BCUT2D eigenvalue weighted by molar-refractivity contribution is 7.92. The molecule has 11 heteroatoms. The van der Waals surface area contributed by atoms with Crippen LogP contribution in [-0.2, 0) is 16.6 Å². The molecule has 0 saturated heterocycles. The number of hydrogen-bond donors (Lipinski definition) is 3. The zero-order valence-electron chi connectivity index (χ0n) is 16.9. The molecule has 0 radical (unpaired) electrons. The summed E-state index contributed by atoms with van der Waals surface area (Å²) in [4.78, 5) is 17.6. The van der Waals surface area contributed by atoms with Crippen LogP contribution >= 0.6 is 0 Å². The lowest BCUT2D eigenvalue weighted by Crippen LogP contribution is -2.10. The van der Waals surface area contributed by atoms with E-state index in [1.807, 2.05) is 24.3 Å². The quantitative estimate of drug-likeness (QED) is 0.362. The lowest BCUT2D eigenvalue weighted by Gasteiger charge is -2.09. The molecule has 5 aromatic rings. The fourth-order valence-corrected chi connectivity index (χ4v) is 3.96. The first-order valence-corrected chi connectivity index (χ1v) is 11.6. The Balaban J connectivity index is 1.36. The number of hydrogen-bond acceptors (Lipinski definition) is 8. The monoisotopic (exact) mass is 446 g/mol. The highest BCUT2D eigenvalue weighted by Gasteiger charge is 2.10. The van der Waals surface area contributed by atoms with Gasteiger partial charge in [0.1, 0.15) is 6.33 Å². The molecule has 10 nitrogen and oxygen atoms in total. The van der Waals surface area contributed by atoms with Gasteiger partial charge in [0.2, 0.25) is 16.0 Å². The number of nitrogens with one attached hydrogen (secondary N) is 3. The number of aromatic nitrogens is 6. The fraction of sp³-hybridized carbons (Fsp3) is 0.0952. The van der Waals surface area contributed by atoms with E-state index in [9.17, 15) is 8.42 Å². The molecule has 0 saturated carbocycles. The highest BCUT2D eigenvalue weighted by atomic mass is 32.2. The van der Waals surface area contributed by atoms with Gasteiger partial charge in [0.05, 0.1) is 29.0 Å². The van der Waals surface area contributed by atoms with E-state index < -0.39 is 10.0 Å². The van der Waals surface area contributed by atoms with Gasteiger partial charge in [0.15, 0.2) is 5.65 Å². The Morgan fingerprint density at radius 2 is 1.94 bits per heavy atom. The molecule has 3 aromatic heterocycles. The molecule has 0 atom stereocenters. The van der Waals surface area contributed by atoms with E-state index in [1.165, 1.54) is 6.33 Å². The molecule has 0 bridgehead atoms. The van der Waals surface area contributed by atoms with E-state index in [2.05, 4.69) is 40.2 Å².